The lowest BCUT2D eigenvalue weighted by Crippen LogP contribution is -2.34. The topological polar surface area (TPSA) is 41.3 Å². The maximum absolute atomic E-state index is 14.1. The predicted octanol–water partition coefficient (Wildman–Crippen LogP) is 2.10. The Labute approximate surface area is 111 Å². The number of imidazole rings is 1. The van der Waals surface area contributed by atoms with Crippen molar-refractivity contribution in [2.45, 2.75) is 26.1 Å². The molecule has 5 heteroatoms. The van der Waals surface area contributed by atoms with Gasteiger partial charge in [-0.1, -0.05) is 6.07 Å². The van der Waals surface area contributed by atoms with Crippen LogP contribution in [0.2, 0.25) is 0 Å². The number of aliphatic hydroxyl groups excluding tert-OH is 1. The third-order valence-electron chi connectivity index (χ3n) is 3.54. The van der Waals surface area contributed by atoms with Crippen molar-refractivity contribution in [1.82, 2.24) is 9.55 Å². The molecular formula is C14H16FN3O. The smallest absolute Gasteiger partial charge is 0.146 e. The van der Waals surface area contributed by atoms with E-state index in [0.717, 1.165) is 18.9 Å². The molecular weight excluding hydrogens is 245 g/mol. The highest BCUT2D eigenvalue weighted by molar-refractivity contribution is 5.50. The van der Waals surface area contributed by atoms with Gasteiger partial charge in [0.2, 0.25) is 0 Å². The maximum atomic E-state index is 14.1. The zero-order valence-corrected chi connectivity index (χ0v) is 10.8. The fraction of sp³-hybridized carbons (Fsp3) is 0.357. The number of anilines is 1. The quantitative estimate of drug-likeness (QED) is 0.900. The van der Waals surface area contributed by atoms with Crippen LogP contribution < -0.4 is 4.90 Å². The lowest BCUT2D eigenvalue weighted by Gasteiger charge is -2.30. The van der Waals surface area contributed by atoms with E-state index in [-0.39, 0.29) is 5.82 Å². The lowest BCUT2D eigenvalue weighted by atomic mass is 10.1. The SMILES string of the molecule is CC(O)c1ccc(N2CCn3ccnc3C2)c(F)c1. The fourth-order valence-electron chi connectivity index (χ4n) is 2.42. The van der Waals surface area contributed by atoms with E-state index in [0.29, 0.717) is 17.8 Å². The minimum absolute atomic E-state index is 0.293. The van der Waals surface area contributed by atoms with E-state index in [9.17, 15) is 9.50 Å². The normalized spacial score (nSPS) is 16.3. The fourth-order valence-corrected chi connectivity index (χ4v) is 2.42. The van der Waals surface area contributed by atoms with Crippen molar-refractivity contribution < 1.29 is 9.50 Å². The van der Waals surface area contributed by atoms with Crippen molar-refractivity contribution in [1.29, 1.82) is 0 Å². The minimum Gasteiger partial charge on any atom is -0.389 e. The van der Waals surface area contributed by atoms with Gasteiger partial charge < -0.3 is 14.6 Å². The van der Waals surface area contributed by atoms with Crippen LogP contribution in [0, 0.1) is 5.82 Å². The molecule has 0 fully saturated rings. The van der Waals surface area contributed by atoms with Gasteiger partial charge in [0.25, 0.3) is 0 Å². The van der Waals surface area contributed by atoms with Crippen molar-refractivity contribution in [3.8, 4) is 0 Å². The molecule has 3 rings (SSSR count). The van der Waals surface area contributed by atoms with Gasteiger partial charge in [-0.15, -0.1) is 0 Å². The lowest BCUT2D eigenvalue weighted by molar-refractivity contribution is 0.199. The minimum atomic E-state index is -0.649. The molecule has 1 unspecified atom stereocenters. The van der Waals surface area contributed by atoms with Crippen molar-refractivity contribution in [2.75, 3.05) is 11.4 Å². The Morgan fingerprint density at radius 2 is 2.21 bits per heavy atom. The molecule has 0 spiro atoms. The second-order valence-electron chi connectivity index (χ2n) is 4.85. The molecule has 0 radical (unpaired) electrons. The highest BCUT2D eigenvalue weighted by Crippen LogP contribution is 2.26. The molecule has 4 nitrogen and oxygen atoms in total. The van der Waals surface area contributed by atoms with Crippen LogP contribution in [0.1, 0.15) is 24.4 Å². The number of hydrogen-bond acceptors (Lipinski definition) is 3. The Morgan fingerprint density at radius 3 is 2.95 bits per heavy atom. The van der Waals surface area contributed by atoms with E-state index in [1.807, 2.05) is 11.1 Å². The molecule has 100 valence electrons. The van der Waals surface area contributed by atoms with Crippen molar-refractivity contribution in [2.24, 2.45) is 0 Å². The second-order valence-corrected chi connectivity index (χ2v) is 4.85. The standard InChI is InChI=1S/C14H16FN3O/c1-10(19)11-2-3-13(12(15)8-11)18-7-6-17-5-4-16-14(17)9-18/h2-5,8,10,19H,6-7,9H2,1H3. The molecule has 0 saturated heterocycles. The number of nitrogens with zero attached hydrogens (tertiary/aromatic N) is 3. The van der Waals surface area contributed by atoms with Gasteiger partial charge >= 0.3 is 0 Å². The van der Waals surface area contributed by atoms with Crippen molar-refractivity contribution in [3.63, 3.8) is 0 Å². The van der Waals surface area contributed by atoms with Gasteiger partial charge in [0.05, 0.1) is 18.3 Å². The van der Waals surface area contributed by atoms with Crippen molar-refractivity contribution >= 4 is 5.69 Å². The Hall–Kier alpha value is -1.88. The Morgan fingerprint density at radius 1 is 1.37 bits per heavy atom. The van der Waals surface area contributed by atoms with Gasteiger partial charge in [-0.2, -0.15) is 0 Å². The zero-order chi connectivity index (χ0) is 13.4. The number of aromatic nitrogens is 2. The molecule has 1 aromatic heterocycles. The first-order valence-electron chi connectivity index (χ1n) is 6.37. The molecule has 1 aliphatic heterocycles. The van der Waals surface area contributed by atoms with Crippen LogP contribution in [0.25, 0.3) is 0 Å². The van der Waals surface area contributed by atoms with Gasteiger partial charge in [-0.25, -0.2) is 9.37 Å². The first-order valence-corrected chi connectivity index (χ1v) is 6.37. The molecule has 19 heavy (non-hydrogen) atoms. The number of hydrogen-bond donors (Lipinski definition) is 1. The summed E-state index contributed by atoms with van der Waals surface area (Å²) in [7, 11) is 0. The summed E-state index contributed by atoms with van der Waals surface area (Å²) in [6.45, 7) is 3.81. The molecule has 1 atom stereocenters. The molecule has 1 N–H and O–H groups in total. The summed E-state index contributed by atoms with van der Waals surface area (Å²) in [6, 6.07) is 4.90. The van der Waals surface area contributed by atoms with E-state index in [4.69, 9.17) is 0 Å². The van der Waals surface area contributed by atoms with Crippen LogP contribution >= 0.6 is 0 Å². The third kappa shape index (κ3) is 2.21. The van der Waals surface area contributed by atoms with Crippen LogP contribution in [0.15, 0.2) is 30.6 Å². The summed E-state index contributed by atoms with van der Waals surface area (Å²) >= 11 is 0. The van der Waals surface area contributed by atoms with Crippen LogP contribution in [-0.2, 0) is 13.1 Å². The van der Waals surface area contributed by atoms with Crippen LogP contribution in [0.4, 0.5) is 10.1 Å². The molecule has 0 saturated carbocycles. The Kier molecular flexibility index (Phi) is 2.98. The third-order valence-corrected chi connectivity index (χ3v) is 3.54. The molecule has 1 aromatic carbocycles. The zero-order valence-electron chi connectivity index (χ0n) is 10.8. The number of halogens is 1. The van der Waals surface area contributed by atoms with E-state index >= 15 is 0 Å². The first-order chi connectivity index (χ1) is 9.15. The summed E-state index contributed by atoms with van der Waals surface area (Å²) in [5.74, 6) is 0.656. The first kappa shape index (κ1) is 12.2. The van der Waals surface area contributed by atoms with E-state index in [2.05, 4.69) is 9.55 Å². The molecule has 2 aromatic rings. The summed E-state index contributed by atoms with van der Waals surface area (Å²) in [5.41, 5.74) is 1.17. The van der Waals surface area contributed by atoms with Crippen LogP contribution in [0.5, 0.6) is 0 Å². The highest BCUT2D eigenvalue weighted by Gasteiger charge is 2.19. The predicted molar refractivity (Wildman–Crippen MR) is 70.3 cm³/mol. The Bertz CT molecular complexity index is 594. The van der Waals surface area contributed by atoms with Crippen molar-refractivity contribution in [3.05, 3.63) is 47.8 Å². The summed E-state index contributed by atoms with van der Waals surface area (Å²) in [5, 5.41) is 9.46. The number of benzene rings is 1. The van der Waals surface area contributed by atoms with Gasteiger partial charge in [0.1, 0.15) is 11.6 Å². The largest absolute Gasteiger partial charge is 0.389 e. The average molecular weight is 261 g/mol. The summed E-state index contributed by atoms with van der Waals surface area (Å²) in [6.07, 6.45) is 3.06. The molecule has 0 bridgehead atoms. The van der Waals surface area contributed by atoms with E-state index < -0.39 is 6.10 Å². The van der Waals surface area contributed by atoms with Crippen LogP contribution in [-0.4, -0.2) is 21.2 Å². The summed E-state index contributed by atoms with van der Waals surface area (Å²) < 4.78 is 16.2. The molecule has 0 aliphatic carbocycles. The molecule has 2 heterocycles. The van der Waals surface area contributed by atoms with Gasteiger partial charge in [0.15, 0.2) is 0 Å². The van der Waals surface area contributed by atoms with Gasteiger partial charge in [-0.3, -0.25) is 0 Å². The monoisotopic (exact) mass is 261 g/mol. The van der Waals surface area contributed by atoms with Crippen LogP contribution in [0.3, 0.4) is 0 Å². The second kappa shape index (κ2) is 4.66. The molecule has 0 amide bonds. The maximum Gasteiger partial charge on any atom is 0.146 e. The Balaban J connectivity index is 1.88. The van der Waals surface area contributed by atoms with E-state index in [1.165, 1.54) is 6.07 Å². The number of rotatable bonds is 2. The summed E-state index contributed by atoms with van der Waals surface area (Å²) in [4.78, 5) is 6.24. The van der Waals surface area contributed by atoms with E-state index in [1.54, 1.807) is 25.3 Å². The number of fused-ring (bicyclic) bond motifs is 1. The average Bonchev–Trinajstić information content (AvgIpc) is 2.85. The van der Waals surface area contributed by atoms with Gasteiger partial charge in [-0.05, 0) is 24.6 Å². The molecule has 1 aliphatic rings. The van der Waals surface area contributed by atoms with Gasteiger partial charge in [0, 0.05) is 25.5 Å². The number of aliphatic hydroxyl groups is 1. The highest BCUT2D eigenvalue weighted by atomic mass is 19.1.